The summed E-state index contributed by atoms with van der Waals surface area (Å²) in [4.78, 5) is 0. The molecule has 0 aromatic heterocycles. The van der Waals surface area contributed by atoms with Crippen LogP contribution < -0.4 is 0 Å². The van der Waals surface area contributed by atoms with Gasteiger partial charge in [0.25, 0.3) is 0 Å². The van der Waals surface area contributed by atoms with Crippen molar-refractivity contribution in [3.63, 3.8) is 0 Å². The van der Waals surface area contributed by atoms with Crippen LogP contribution in [0.4, 0.5) is 0 Å². The molecule has 3 nitrogen and oxygen atoms in total. The van der Waals surface area contributed by atoms with E-state index in [0.717, 1.165) is 35.1 Å². The first-order chi connectivity index (χ1) is 14.3. The topological polar surface area (TPSA) is 38.7 Å². The summed E-state index contributed by atoms with van der Waals surface area (Å²) in [6.07, 6.45) is 1.20. The maximum atomic E-state index is 10.9. The summed E-state index contributed by atoms with van der Waals surface area (Å²) in [5.74, 6) is 0.230. The van der Waals surface area contributed by atoms with E-state index >= 15 is 0 Å². The number of phenolic OH excluding ortho intramolecular Hbond substituents is 1. The smallest absolute Gasteiger partial charge is 0.122 e. The van der Waals surface area contributed by atoms with Gasteiger partial charge in [-0.2, -0.15) is 0 Å². The molecule has 3 aromatic rings. The van der Waals surface area contributed by atoms with Crippen LogP contribution in [0.3, 0.4) is 0 Å². The quantitative estimate of drug-likeness (QED) is 0.434. The van der Waals surface area contributed by atoms with Gasteiger partial charge in [-0.1, -0.05) is 86.6 Å². The second-order valence-electron chi connectivity index (χ2n) is 7.10. The fourth-order valence-corrected chi connectivity index (χ4v) is 3.52. The minimum atomic E-state index is -0.358. The number of ether oxygens (including phenoxy) is 2. The molecule has 2 unspecified atom stereocenters. The maximum Gasteiger partial charge on any atom is 0.122 e. The third-order valence-electron chi connectivity index (χ3n) is 4.84. The average molecular weight is 391 g/mol. The summed E-state index contributed by atoms with van der Waals surface area (Å²) in [7, 11) is 0. The van der Waals surface area contributed by atoms with E-state index in [1.165, 1.54) is 0 Å². The summed E-state index contributed by atoms with van der Waals surface area (Å²) < 4.78 is 12.5. The van der Waals surface area contributed by atoms with Gasteiger partial charge in [0.2, 0.25) is 0 Å². The van der Waals surface area contributed by atoms with Gasteiger partial charge < -0.3 is 14.6 Å². The highest BCUT2D eigenvalue weighted by Gasteiger charge is 2.27. The third-order valence-corrected chi connectivity index (χ3v) is 4.84. The summed E-state index contributed by atoms with van der Waals surface area (Å²) in [5.41, 5.74) is 3.80. The molecule has 0 amide bonds. The van der Waals surface area contributed by atoms with Gasteiger partial charge in [-0.15, -0.1) is 0 Å². The van der Waals surface area contributed by atoms with Crippen molar-refractivity contribution >= 4 is 0 Å². The highest BCUT2D eigenvalue weighted by Crippen LogP contribution is 2.40. The third kappa shape index (κ3) is 5.26. The van der Waals surface area contributed by atoms with E-state index in [2.05, 4.69) is 26.0 Å². The second-order valence-corrected chi connectivity index (χ2v) is 7.10. The molecule has 0 aliphatic rings. The Bertz CT molecular complexity index is 862. The molecule has 0 bridgehead atoms. The molecule has 152 valence electrons. The Hall–Kier alpha value is -2.62. The minimum Gasteiger partial charge on any atom is -0.508 e. The predicted molar refractivity (Wildman–Crippen MR) is 117 cm³/mol. The fourth-order valence-electron chi connectivity index (χ4n) is 3.52. The molecule has 3 heteroatoms. The first-order valence-corrected chi connectivity index (χ1v) is 10.4. The normalized spacial score (nSPS) is 13.2. The summed E-state index contributed by atoms with van der Waals surface area (Å²) in [6.45, 7) is 5.44. The van der Waals surface area contributed by atoms with E-state index in [1.807, 2.05) is 60.7 Å². The number of aromatic hydroxyl groups is 1. The van der Waals surface area contributed by atoms with E-state index in [1.54, 1.807) is 6.07 Å². The second kappa shape index (κ2) is 10.8. The van der Waals surface area contributed by atoms with Gasteiger partial charge >= 0.3 is 0 Å². The number of rotatable bonds is 10. The lowest BCUT2D eigenvalue weighted by atomic mass is 9.90. The molecule has 0 saturated heterocycles. The summed E-state index contributed by atoms with van der Waals surface area (Å²) >= 11 is 0. The molecule has 0 fully saturated rings. The summed E-state index contributed by atoms with van der Waals surface area (Å²) in [6, 6.07) is 25.9. The Morgan fingerprint density at radius 1 is 0.655 bits per heavy atom. The number of hydrogen-bond acceptors (Lipinski definition) is 3. The highest BCUT2D eigenvalue weighted by atomic mass is 16.5. The Labute approximate surface area is 173 Å². The Balaban J connectivity index is 2.12. The van der Waals surface area contributed by atoms with Crippen molar-refractivity contribution in [2.75, 3.05) is 13.2 Å². The van der Waals surface area contributed by atoms with Gasteiger partial charge in [-0.05, 0) is 35.6 Å². The van der Waals surface area contributed by atoms with Crippen LogP contribution in [0.1, 0.15) is 61.2 Å². The lowest BCUT2D eigenvalue weighted by molar-refractivity contribution is 0.0638. The molecule has 2 atom stereocenters. The van der Waals surface area contributed by atoms with Crippen molar-refractivity contribution in [2.24, 2.45) is 0 Å². The van der Waals surface area contributed by atoms with Gasteiger partial charge in [-0.25, -0.2) is 0 Å². The molecular formula is C26H30O3. The highest BCUT2D eigenvalue weighted by molar-refractivity contribution is 5.48. The van der Waals surface area contributed by atoms with Crippen LogP contribution in [0.2, 0.25) is 0 Å². The van der Waals surface area contributed by atoms with Gasteiger partial charge in [0.1, 0.15) is 18.0 Å². The van der Waals surface area contributed by atoms with Crippen molar-refractivity contribution in [1.29, 1.82) is 0 Å². The van der Waals surface area contributed by atoms with Crippen LogP contribution in [0.5, 0.6) is 5.75 Å². The van der Waals surface area contributed by atoms with Crippen LogP contribution in [0.15, 0.2) is 78.9 Å². The fraction of sp³-hybridized carbons (Fsp3) is 0.308. The van der Waals surface area contributed by atoms with E-state index < -0.39 is 0 Å². The lowest BCUT2D eigenvalue weighted by Gasteiger charge is -2.27. The van der Waals surface area contributed by atoms with Crippen LogP contribution in [0, 0.1) is 0 Å². The predicted octanol–water partition coefficient (Wildman–Crippen LogP) is 6.42. The van der Waals surface area contributed by atoms with Crippen LogP contribution >= 0.6 is 0 Å². The standard InChI is InChI=1S/C26H30O3/c1-3-18-28-25(20-12-7-5-8-13-20)22-16-11-17-23(27)24(22)26(29-19-4-2)21-14-9-6-10-15-21/h5-17,25-27H,3-4,18-19H2,1-2H3. The van der Waals surface area contributed by atoms with Gasteiger partial charge in [0.15, 0.2) is 0 Å². The molecule has 0 radical (unpaired) electrons. The summed E-state index contributed by atoms with van der Waals surface area (Å²) in [5, 5.41) is 10.9. The average Bonchev–Trinajstić information content (AvgIpc) is 2.77. The number of benzene rings is 3. The zero-order valence-corrected chi connectivity index (χ0v) is 17.3. The Morgan fingerprint density at radius 2 is 1.17 bits per heavy atom. The van der Waals surface area contributed by atoms with E-state index in [-0.39, 0.29) is 18.0 Å². The molecule has 29 heavy (non-hydrogen) atoms. The molecule has 0 spiro atoms. The Kier molecular flexibility index (Phi) is 7.85. The lowest BCUT2D eigenvalue weighted by Crippen LogP contribution is -2.15. The first kappa shape index (κ1) is 21.1. The Morgan fingerprint density at radius 3 is 1.72 bits per heavy atom. The minimum absolute atomic E-state index is 0.230. The number of phenols is 1. The maximum absolute atomic E-state index is 10.9. The van der Waals surface area contributed by atoms with E-state index in [9.17, 15) is 5.11 Å². The van der Waals surface area contributed by atoms with Crippen LogP contribution in [0.25, 0.3) is 0 Å². The van der Waals surface area contributed by atoms with Crippen molar-refractivity contribution < 1.29 is 14.6 Å². The van der Waals surface area contributed by atoms with Crippen LogP contribution in [-0.4, -0.2) is 18.3 Å². The van der Waals surface area contributed by atoms with Crippen molar-refractivity contribution in [3.05, 3.63) is 101 Å². The molecule has 0 saturated carbocycles. The van der Waals surface area contributed by atoms with Gasteiger partial charge in [-0.3, -0.25) is 0 Å². The molecule has 3 aromatic carbocycles. The van der Waals surface area contributed by atoms with Crippen molar-refractivity contribution in [1.82, 2.24) is 0 Å². The molecule has 3 rings (SSSR count). The zero-order valence-electron chi connectivity index (χ0n) is 17.3. The molecular weight excluding hydrogens is 360 g/mol. The zero-order chi connectivity index (χ0) is 20.5. The first-order valence-electron chi connectivity index (χ1n) is 10.4. The van der Waals surface area contributed by atoms with Crippen molar-refractivity contribution in [2.45, 2.75) is 38.9 Å². The van der Waals surface area contributed by atoms with Gasteiger partial charge in [0, 0.05) is 18.8 Å². The largest absolute Gasteiger partial charge is 0.508 e. The molecule has 0 aliphatic heterocycles. The van der Waals surface area contributed by atoms with Crippen molar-refractivity contribution in [3.8, 4) is 5.75 Å². The SMILES string of the molecule is CCCOC(c1ccccc1)c1cccc(O)c1C(OCCC)c1ccccc1. The molecule has 0 aliphatic carbocycles. The molecule has 1 N–H and O–H groups in total. The van der Waals surface area contributed by atoms with Crippen LogP contribution in [-0.2, 0) is 9.47 Å². The van der Waals surface area contributed by atoms with E-state index in [0.29, 0.717) is 13.2 Å². The monoisotopic (exact) mass is 390 g/mol. The number of hydrogen-bond donors (Lipinski definition) is 1. The molecule has 0 heterocycles. The van der Waals surface area contributed by atoms with E-state index in [4.69, 9.17) is 9.47 Å². The van der Waals surface area contributed by atoms with Gasteiger partial charge in [0.05, 0.1) is 0 Å².